The number of rotatable bonds is 4. The zero-order valence-electron chi connectivity index (χ0n) is 10.1. The van der Waals surface area contributed by atoms with Crippen molar-refractivity contribution in [2.45, 2.75) is 57.8 Å². The highest BCUT2D eigenvalue weighted by Gasteiger charge is 2.32. The van der Waals surface area contributed by atoms with Crippen LogP contribution in [-0.2, 0) is 6.54 Å². The molecule has 2 rings (SSSR count). The molecule has 3 heteroatoms. The zero-order valence-corrected chi connectivity index (χ0v) is 10.9. The van der Waals surface area contributed by atoms with E-state index in [-0.39, 0.29) is 6.10 Å². The van der Waals surface area contributed by atoms with Crippen molar-refractivity contribution in [3.8, 4) is 0 Å². The first-order chi connectivity index (χ1) is 7.68. The minimum atomic E-state index is -0.123. The van der Waals surface area contributed by atoms with Crippen LogP contribution in [0.3, 0.4) is 0 Å². The van der Waals surface area contributed by atoms with Gasteiger partial charge < -0.3 is 5.11 Å². The Labute approximate surface area is 102 Å². The predicted molar refractivity (Wildman–Crippen MR) is 68.6 cm³/mol. The number of nitrogens with zero attached hydrogens (tertiary/aromatic N) is 1. The monoisotopic (exact) mass is 239 g/mol. The molecule has 1 aliphatic carbocycles. The molecule has 1 aliphatic rings. The van der Waals surface area contributed by atoms with Crippen LogP contribution in [0.15, 0.2) is 17.5 Å². The van der Waals surface area contributed by atoms with E-state index in [0.29, 0.717) is 12.1 Å². The van der Waals surface area contributed by atoms with Gasteiger partial charge in [0.15, 0.2) is 0 Å². The second kappa shape index (κ2) is 5.30. The lowest BCUT2D eigenvalue weighted by Gasteiger charge is -2.34. The summed E-state index contributed by atoms with van der Waals surface area (Å²) in [7, 11) is 0. The Morgan fingerprint density at radius 3 is 2.81 bits per heavy atom. The summed E-state index contributed by atoms with van der Waals surface area (Å²) >= 11 is 1.81. The average molecular weight is 239 g/mol. The van der Waals surface area contributed by atoms with Gasteiger partial charge in [-0.25, -0.2) is 0 Å². The van der Waals surface area contributed by atoms with Gasteiger partial charge in [0.2, 0.25) is 0 Å². The summed E-state index contributed by atoms with van der Waals surface area (Å²) < 4.78 is 0. The van der Waals surface area contributed by atoms with Gasteiger partial charge >= 0.3 is 0 Å². The van der Waals surface area contributed by atoms with Crippen LogP contribution in [-0.4, -0.2) is 28.2 Å². The summed E-state index contributed by atoms with van der Waals surface area (Å²) in [5.41, 5.74) is 0. The van der Waals surface area contributed by atoms with Crippen LogP contribution in [0.4, 0.5) is 0 Å². The molecular weight excluding hydrogens is 218 g/mol. The van der Waals surface area contributed by atoms with Crippen LogP contribution < -0.4 is 0 Å². The van der Waals surface area contributed by atoms with Crippen LogP contribution in [0.5, 0.6) is 0 Å². The lowest BCUT2D eigenvalue weighted by Crippen LogP contribution is -2.43. The minimum absolute atomic E-state index is 0.123. The van der Waals surface area contributed by atoms with E-state index in [1.807, 2.05) is 0 Å². The number of aliphatic hydroxyl groups is 1. The summed E-state index contributed by atoms with van der Waals surface area (Å²) in [4.78, 5) is 3.84. The van der Waals surface area contributed by atoms with E-state index in [2.05, 4.69) is 36.3 Å². The third kappa shape index (κ3) is 2.65. The zero-order chi connectivity index (χ0) is 11.5. The molecule has 0 spiro atoms. The third-order valence-electron chi connectivity index (χ3n) is 3.45. The Kier molecular flexibility index (Phi) is 4.00. The van der Waals surface area contributed by atoms with Crippen molar-refractivity contribution >= 4 is 11.3 Å². The lowest BCUT2D eigenvalue weighted by molar-refractivity contribution is 0.0471. The van der Waals surface area contributed by atoms with Crippen molar-refractivity contribution in [2.75, 3.05) is 0 Å². The van der Waals surface area contributed by atoms with Crippen LogP contribution in [0.1, 0.15) is 38.0 Å². The molecule has 1 saturated carbocycles. The molecular formula is C13H21NOS. The minimum Gasteiger partial charge on any atom is -0.391 e. The first-order valence-corrected chi connectivity index (χ1v) is 7.02. The van der Waals surface area contributed by atoms with Gasteiger partial charge in [-0.15, -0.1) is 11.3 Å². The van der Waals surface area contributed by atoms with Gasteiger partial charge in [0.1, 0.15) is 0 Å². The Balaban J connectivity index is 2.05. The maximum atomic E-state index is 10.00. The molecule has 0 amide bonds. The molecule has 1 fully saturated rings. The fraction of sp³-hybridized carbons (Fsp3) is 0.692. The molecule has 0 radical (unpaired) electrons. The fourth-order valence-electron chi connectivity index (χ4n) is 2.57. The van der Waals surface area contributed by atoms with Gasteiger partial charge in [0, 0.05) is 23.5 Å². The Bertz CT molecular complexity index is 310. The summed E-state index contributed by atoms with van der Waals surface area (Å²) in [6.45, 7) is 5.42. The molecule has 1 aromatic heterocycles. The van der Waals surface area contributed by atoms with E-state index in [1.54, 1.807) is 11.3 Å². The van der Waals surface area contributed by atoms with E-state index < -0.39 is 0 Å². The largest absolute Gasteiger partial charge is 0.391 e. The van der Waals surface area contributed by atoms with Gasteiger partial charge in [-0.3, -0.25) is 4.90 Å². The van der Waals surface area contributed by atoms with Crippen molar-refractivity contribution in [2.24, 2.45) is 0 Å². The number of aliphatic hydroxyl groups excluding tert-OH is 1. The quantitative estimate of drug-likeness (QED) is 0.873. The molecule has 1 heterocycles. The van der Waals surface area contributed by atoms with Gasteiger partial charge in [0.25, 0.3) is 0 Å². The topological polar surface area (TPSA) is 23.5 Å². The maximum absolute atomic E-state index is 10.00. The normalized spacial score (nSPS) is 25.8. The van der Waals surface area contributed by atoms with Crippen molar-refractivity contribution in [1.82, 2.24) is 4.90 Å². The number of thiophene rings is 1. The molecule has 1 aromatic rings. The lowest BCUT2D eigenvalue weighted by atomic mass is 10.1. The highest BCUT2D eigenvalue weighted by Crippen LogP contribution is 2.27. The summed E-state index contributed by atoms with van der Waals surface area (Å²) in [5, 5.41) is 12.1. The standard InChI is InChI=1S/C13H21NOS/c1-10(2)14(9-11-5-4-8-16-11)12-6-3-7-13(12)15/h4-5,8,10,12-13,15H,3,6-7,9H2,1-2H3/t12-,13-/m0/s1. The summed E-state index contributed by atoms with van der Waals surface area (Å²) in [6.07, 6.45) is 3.16. The molecule has 2 nitrogen and oxygen atoms in total. The molecule has 0 unspecified atom stereocenters. The SMILES string of the molecule is CC(C)N(Cc1cccs1)[C@H]1CCC[C@@H]1O. The van der Waals surface area contributed by atoms with Gasteiger partial charge in [-0.05, 0) is 44.6 Å². The molecule has 1 N–H and O–H groups in total. The van der Waals surface area contributed by atoms with E-state index in [4.69, 9.17) is 0 Å². The van der Waals surface area contributed by atoms with Crippen molar-refractivity contribution in [3.05, 3.63) is 22.4 Å². The highest BCUT2D eigenvalue weighted by molar-refractivity contribution is 7.09. The molecule has 0 saturated heterocycles. The van der Waals surface area contributed by atoms with Gasteiger partial charge in [-0.1, -0.05) is 6.07 Å². The third-order valence-corrected chi connectivity index (χ3v) is 4.31. The van der Waals surface area contributed by atoms with E-state index in [9.17, 15) is 5.11 Å². The highest BCUT2D eigenvalue weighted by atomic mass is 32.1. The number of hydrogen-bond acceptors (Lipinski definition) is 3. The Morgan fingerprint density at radius 2 is 2.31 bits per heavy atom. The van der Waals surface area contributed by atoms with Crippen LogP contribution in [0.2, 0.25) is 0 Å². The van der Waals surface area contributed by atoms with Crippen molar-refractivity contribution < 1.29 is 5.11 Å². The van der Waals surface area contributed by atoms with Crippen molar-refractivity contribution in [1.29, 1.82) is 0 Å². The van der Waals surface area contributed by atoms with Crippen LogP contribution >= 0.6 is 11.3 Å². The number of hydrogen-bond donors (Lipinski definition) is 1. The van der Waals surface area contributed by atoms with Crippen LogP contribution in [0.25, 0.3) is 0 Å². The van der Waals surface area contributed by atoms with E-state index >= 15 is 0 Å². The second-order valence-electron chi connectivity index (χ2n) is 4.91. The van der Waals surface area contributed by atoms with Gasteiger partial charge in [-0.2, -0.15) is 0 Å². The first kappa shape index (κ1) is 12.1. The van der Waals surface area contributed by atoms with E-state index in [1.165, 1.54) is 11.3 Å². The molecule has 0 bridgehead atoms. The smallest absolute Gasteiger partial charge is 0.0695 e. The summed E-state index contributed by atoms with van der Waals surface area (Å²) in [5.74, 6) is 0. The second-order valence-corrected chi connectivity index (χ2v) is 5.94. The average Bonchev–Trinajstić information content (AvgIpc) is 2.85. The Morgan fingerprint density at radius 1 is 1.50 bits per heavy atom. The first-order valence-electron chi connectivity index (χ1n) is 6.14. The van der Waals surface area contributed by atoms with Crippen LogP contribution in [0, 0.1) is 0 Å². The molecule has 0 aliphatic heterocycles. The maximum Gasteiger partial charge on any atom is 0.0695 e. The molecule has 16 heavy (non-hydrogen) atoms. The molecule has 90 valence electrons. The summed E-state index contributed by atoms with van der Waals surface area (Å²) in [6, 6.07) is 5.15. The van der Waals surface area contributed by atoms with Gasteiger partial charge in [0.05, 0.1) is 6.10 Å². The van der Waals surface area contributed by atoms with Crippen molar-refractivity contribution in [3.63, 3.8) is 0 Å². The molecule has 2 atom stereocenters. The molecule has 0 aromatic carbocycles. The fourth-order valence-corrected chi connectivity index (χ4v) is 3.29. The predicted octanol–water partition coefficient (Wildman–Crippen LogP) is 2.87. The Hall–Kier alpha value is -0.380. The van der Waals surface area contributed by atoms with E-state index in [0.717, 1.165) is 19.4 Å².